The SMILES string of the molecule is Nc1cc(NC2CCCS(=O)(=O)C2)nc(C(F)(F)F)n1. The van der Waals surface area contributed by atoms with Crippen LogP contribution in [0.3, 0.4) is 0 Å². The molecule has 0 bridgehead atoms. The third kappa shape index (κ3) is 3.71. The highest BCUT2D eigenvalue weighted by Gasteiger charge is 2.35. The Balaban J connectivity index is 2.19. The minimum absolute atomic E-state index is 0.102. The van der Waals surface area contributed by atoms with Crippen LogP contribution < -0.4 is 11.1 Å². The number of hydrogen-bond donors (Lipinski definition) is 2. The Hall–Kier alpha value is -1.58. The number of nitrogens with two attached hydrogens (primary N) is 1. The highest BCUT2D eigenvalue weighted by molar-refractivity contribution is 7.91. The van der Waals surface area contributed by atoms with Crippen molar-refractivity contribution in [2.75, 3.05) is 22.6 Å². The Bertz CT molecular complexity index is 603. The molecular formula is C10H13F3N4O2S. The maximum atomic E-state index is 12.5. The van der Waals surface area contributed by atoms with Crippen LogP contribution in [0.2, 0.25) is 0 Å². The van der Waals surface area contributed by atoms with Crippen LogP contribution in [0.5, 0.6) is 0 Å². The van der Waals surface area contributed by atoms with E-state index in [0.29, 0.717) is 12.8 Å². The zero-order valence-corrected chi connectivity index (χ0v) is 11.1. The average molecular weight is 310 g/mol. The van der Waals surface area contributed by atoms with E-state index in [4.69, 9.17) is 5.73 Å². The Labute approximate surface area is 113 Å². The van der Waals surface area contributed by atoms with Crippen LogP contribution in [-0.4, -0.2) is 35.9 Å². The zero-order chi connectivity index (χ0) is 15.0. The van der Waals surface area contributed by atoms with Crippen LogP contribution >= 0.6 is 0 Å². The van der Waals surface area contributed by atoms with Gasteiger partial charge >= 0.3 is 6.18 Å². The van der Waals surface area contributed by atoms with Gasteiger partial charge in [0.15, 0.2) is 9.84 Å². The molecule has 1 aromatic rings. The normalized spacial score (nSPS) is 22.4. The van der Waals surface area contributed by atoms with Gasteiger partial charge in [-0.05, 0) is 12.8 Å². The average Bonchev–Trinajstić information content (AvgIpc) is 2.25. The van der Waals surface area contributed by atoms with Crippen molar-refractivity contribution < 1.29 is 21.6 Å². The summed E-state index contributed by atoms with van der Waals surface area (Å²) in [7, 11) is -3.16. The molecule has 10 heteroatoms. The number of alkyl halides is 3. The Kier molecular flexibility index (Phi) is 3.76. The molecule has 1 aliphatic rings. The molecule has 112 valence electrons. The zero-order valence-electron chi connectivity index (χ0n) is 10.3. The third-order valence-electron chi connectivity index (χ3n) is 2.81. The van der Waals surface area contributed by atoms with Crippen molar-refractivity contribution in [3.8, 4) is 0 Å². The first kappa shape index (κ1) is 14.8. The fourth-order valence-electron chi connectivity index (χ4n) is 2.01. The summed E-state index contributed by atoms with van der Waals surface area (Å²) >= 11 is 0. The van der Waals surface area contributed by atoms with Crippen LogP contribution in [0.4, 0.5) is 24.8 Å². The van der Waals surface area contributed by atoms with Gasteiger partial charge in [0.2, 0.25) is 5.82 Å². The number of hydrogen-bond acceptors (Lipinski definition) is 6. The van der Waals surface area contributed by atoms with E-state index in [1.807, 2.05) is 0 Å². The maximum absolute atomic E-state index is 12.5. The number of halogens is 3. The van der Waals surface area contributed by atoms with Crippen LogP contribution in [0.15, 0.2) is 6.07 Å². The second-order valence-electron chi connectivity index (χ2n) is 4.60. The van der Waals surface area contributed by atoms with Crippen molar-refractivity contribution in [3.63, 3.8) is 0 Å². The van der Waals surface area contributed by atoms with Crippen LogP contribution in [0, 0.1) is 0 Å². The molecule has 2 rings (SSSR count). The summed E-state index contributed by atoms with van der Waals surface area (Å²) in [5, 5.41) is 2.68. The van der Waals surface area contributed by atoms with Gasteiger partial charge in [-0.2, -0.15) is 13.2 Å². The number of nitrogens with one attached hydrogen (secondary N) is 1. The van der Waals surface area contributed by atoms with Crippen LogP contribution in [0.25, 0.3) is 0 Å². The number of nitrogens with zero attached hydrogens (tertiary/aromatic N) is 2. The standard InChI is InChI=1S/C10H13F3N4O2S/c11-10(12,13)9-16-7(14)4-8(17-9)15-6-2-1-3-20(18,19)5-6/h4,6H,1-3,5H2,(H3,14,15,16,17). The van der Waals surface area contributed by atoms with Crippen molar-refractivity contribution in [2.24, 2.45) is 0 Å². The number of anilines is 2. The lowest BCUT2D eigenvalue weighted by Crippen LogP contribution is -2.35. The summed E-state index contributed by atoms with van der Waals surface area (Å²) in [6.07, 6.45) is -3.69. The first-order valence-corrected chi connectivity index (χ1v) is 7.66. The Morgan fingerprint density at radius 1 is 1.35 bits per heavy atom. The fraction of sp³-hybridized carbons (Fsp3) is 0.600. The summed E-state index contributed by atoms with van der Waals surface area (Å²) < 4.78 is 60.6. The van der Waals surface area contributed by atoms with E-state index in [2.05, 4.69) is 15.3 Å². The summed E-state index contributed by atoms with van der Waals surface area (Å²) in [6, 6.07) is 0.681. The quantitative estimate of drug-likeness (QED) is 0.848. The molecule has 0 aliphatic carbocycles. The molecule has 1 aromatic heterocycles. The van der Waals surface area contributed by atoms with Crippen molar-refractivity contribution >= 4 is 21.5 Å². The van der Waals surface area contributed by atoms with E-state index >= 15 is 0 Å². The molecule has 0 amide bonds. The van der Waals surface area contributed by atoms with Crippen molar-refractivity contribution in [1.82, 2.24) is 9.97 Å². The predicted octanol–water partition coefficient (Wildman–Crippen LogP) is 1.07. The number of nitrogen functional groups attached to an aromatic ring is 1. The molecule has 3 N–H and O–H groups in total. The number of rotatable bonds is 2. The maximum Gasteiger partial charge on any atom is 0.451 e. The molecule has 2 heterocycles. The number of aromatic nitrogens is 2. The van der Waals surface area contributed by atoms with Gasteiger partial charge in [0.05, 0.1) is 11.5 Å². The number of sulfone groups is 1. The molecule has 1 saturated heterocycles. The second-order valence-corrected chi connectivity index (χ2v) is 6.83. The van der Waals surface area contributed by atoms with Crippen molar-refractivity contribution in [1.29, 1.82) is 0 Å². The molecule has 1 aliphatic heterocycles. The fourth-order valence-corrected chi connectivity index (χ4v) is 3.65. The van der Waals surface area contributed by atoms with E-state index < -0.39 is 27.9 Å². The summed E-state index contributed by atoms with van der Waals surface area (Å²) in [5.41, 5.74) is 5.31. The monoisotopic (exact) mass is 310 g/mol. The lowest BCUT2D eigenvalue weighted by molar-refractivity contribution is -0.144. The van der Waals surface area contributed by atoms with Crippen molar-refractivity contribution in [2.45, 2.75) is 25.1 Å². The van der Waals surface area contributed by atoms with Gasteiger partial charge in [0, 0.05) is 12.1 Å². The first-order valence-electron chi connectivity index (χ1n) is 5.84. The molecule has 0 radical (unpaired) electrons. The Morgan fingerprint density at radius 2 is 2.05 bits per heavy atom. The topological polar surface area (TPSA) is 98.0 Å². The van der Waals surface area contributed by atoms with Crippen molar-refractivity contribution in [3.05, 3.63) is 11.9 Å². The highest BCUT2D eigenvalue weighted by atomic mass is 32.2. The van der Waals surface area contributed by atoms with Gasteiger partial charge in [0.1, 0.15) is 11.6 Å². The van der Waals surface area contributed by atoms with E-state index in [9.17, 15) is 21.6 Å². The van der Waals surface area contributed by atoms with Crippen LogP contribution in [0.1, 0.15) is 18.7 Å². The third-order valence-corrected chi connectivity index (χ3v) is 4.64. The molecule has 0 saturated carbocycles. The molecule has 20 heavy (non-hydrogen) atoms. The minimum atomic E-state index is -4.70. The minimum Gasteiger partial charge on any atom is -0.384 e. The van der Waals surface area contributed by atoms with Crippen LogP contribution in [-0.2, 0) is 16.0 Å². The lowest BCUT2D eigenvalue weighted by Gasteiger charge is -2.23. The molecule has 1 fully saturated rings. The molecule has 0 spiro atoms. The van der Waals surface area contributed by atoms with E-state index in [1.54, 1.807) is 0 Å². The van der Waals surface area contributed by atoms with E-state index in [1.165, 1.54) is 0 Å². The highest BCUT2D eigenvalue weighted by Crippen LogP contribution is 2.28. The second kappa shape index (κ2) is 5.08. The summed E-state index contributed by atoms with van der Waals surface area (Å²) in [5.74, 6) is -1.82. The van der Waals surface area contributed by atoms with Gasteiger partial charge in [-0.1, -0.05) is 0 Å². The van der Waals surface area contributed by atoms with E-state index in [0.717, 1.165) is 6.07 Å². The van der Waals surface area contributed by atoms with Gasteiger partial charge in [-0.3, -0.25) is 0 Å². The summed E-state index contributed by atoms with van der Waals surface area (Å²) in [4.78, 5) is 6.43. The van der Waals surface area contributed by atoms with E-state index in [-0.39, 0.29) is 23.1 Å². The lowest BCUT2D eigenvalue weighted by atomic mass is 10.2. The van der Waals surface area contributed by atoms with Gasteiger partial charge in [-0.15, -0.1) is 0 Å². The molecular weight excluding hydrogens is 297 g/mol. The van der Waals surface area contributed by atoms with Gasteiger partial charge in [-0.25, -0.2) is 18.4 Å². The summed E-state index contributed by atoms with van der Waals surface area (Å²) in [6.45, 7) is 0. The predicted molar refractivity (Wildman–Crippen MR) is 66.7 cm³/mol. The molecule has 6 nitrogen and oxygen atoms in total. The smallest absolute Gasteiger partial charge is 0.384 e. The molecule has 1 unspecified atom stereocenters. The Morgan fingerprint density at radius 3 is 2.65 bits per heavy atom. The largest absolute Gasteiger partial charge is 0.451 e. The molecule has 1 atom stereocenters. The first-order chi connectivity index (χ1) is 9.16. The van der Waals surface area contributed by atoms with Gasteiger partial charge < -0.3 is 11.1 Å². The molecule has 0 aromatic carbocycles. The van der Waals surface area contributed by atoms with Gasteiger partial charge in [0.25, 0.3) is 0 Å².